The molecule has 0 unspecified atom stereocenters. The van der Waals surface area contributed by atoms with Crippen molar-refractivity contribution in [2.45, 2.75) is 40.0 Å². The molecule has 178 valence electrons. The lowest BCUT2D eigenvalue weighted by Gasteiger charge is -2.33. The van der Waals surface area contributed by atoms with Crippen LogP contribution in [0.3, 0.4) is 0 Å². The van der Waals surface area contributed by atoms with Crippen molar-refractivity contribution in [3.05, 3.63) is 70.0 Å². The fraction of sp³-hybridized carbons (Fsp3) is 0.346. The molecule has 0 aliphatic heterocycles. The van der Waals surface area contributed by atoms with Crippen molar-refractivity contribution in [1.29, 1.82) is 0 Å². The fourth-order valence-electron chi connectivity index (χ4n) is 4.29. The predicted octanol–water partition coefficient (Wildman–Crippen LogP) is 5.78. The Morgan fingerprint density at radius 2 is 1.82 bits per heavy atom. The zero-order chi connectivity index (χ0) is 24.5. The van der Waals surface area contributed by atoms with Crippen LogP contribution in [0.1, 0.15) is 68.9 Å². The van der Waals surface area contributed by atoms with Gasteiger partial charge in [0.1, 0.15) is 5.00 Å². The Morgan fingerprint density at radius 1 is 1.06 bits per heavy atom. The van der Waals surface area contributed by atoms with Crippen LogP contribution in [0.4, 0.5) is 10.7 Å². The van der Waals surface area contributed by atoms with E-state index in [2.05, 4.69) is 31.4 Å². The van der Waals surface area contributed by atoms with E-state index < -0.39 is 11.9 Å². The van der Waals surface area contributed by atoms with E-state index in [1.165, 1.54) is 24.7 Å². The molecule has 0 bridgehead atoms. The summed E-state index contributed by atoms with van der Waals surface area (Å²) in [5.74, 6) is -0.690. The number of benzene rings is 1. The number of fused-ring (bicyclic) bond motifs is 1. The summed E-state index contributed by atoms with van der Waals surface area (Å²) >= 11 is 1.44. The van der Waals surface area contributed by atoms with Gasteiger partial charge in [-0.1, -0.05) is 32.9 Å². The van der Waals surface area contributed by atoms with Crippen LogP contribution in [-0.2, 0) is 17.6 Å². The van der Waals surface area contributed by atoms with Crippen molar-refractivity contribution in [3.63, 3.8) is 0 Å². The van der Waals surface area contributed by atoms with Crippen LogP contribution in [0, 0.1) is 11.3 Å². The maximum Gasteiger partial charge on any atom is 0.339 e. The average Bonchev–Trinajstić information content (AvgIpc) is 3.45. The number of carbonyl (C=O) groups excluding carboxylic acids is 3. The van der Waals surface area contributed by atoms with E-state index in [-0.39, 0.29) is 22.6 Å². The summed E-state index contributed by atoms with van der Waals surface area (Å²) in [6, 6.07) is 9.90. The van der Waals surface area contributed by atoms with Gasteiger partial charge in [0.25, 0.3) is 11.8 Å². The van der Waals surface area contributed by atoms with E-state index in [1.807, 2.05) is 0 Å². The molecule has 34 heavy (non-hydrogen) atoms. The van der Waals surface area contributed by atoms with Crippen molar-refractivity contribution >= 4 is 39.8 Å². The number of para-hydroxylation sites is 1. The summed E-state index contributed by atoms with van der Waals surface area (Å²) in [4.78, 5) is 39.6. The van der Waals surface area contributed by atoms with E-state index in [1.54, 1.807) is 36.4 Å². The lowest BCUT2D eigenvalue weighted by molar-refractivity contribution is 0.0601. The van der Waals surface area contributed by atoms with E-state index >= 15 is 0 Å². The second-order valence-corrected chi connectivity index (χ2v) is 10.5. The zero-order valence-electron chi connectivity index (χ0n) is 19.7. The Labute approximate surface area is 202 Å². The molecule has 2 aromatic heterocycles. The molecule has 1 atom stereocenters. The number of carbonyl (C=O) groups is 3. The van der Waals surface area contributed by atoms with Crippen LogP contribution >= 0.6 is 11.3 Å². The summed E-state index contributed by atoms with van der Waals surface area (Å²) in [5.41, 5.74) is 2.14. The van der Waals surface area contributed by atoms with Crippen molar-refractivity contribution in [2.24, 2.45) is 11.3 Å². The van der Waals surface area contributed by atoms with Gasteiger partial charge in [-0.05, 0) is 60.4 Å². The van der Waals surface area contributed by atoms with Gasteiger partial charge in [0.05, 0.1) is 30.2 Å². The number of furan rings is 1. The van der Waals surface area contributed by atoms with E-state index in [0.29, 0.717) is 22.2 Å². The highest BCUT2D eigenvalue weighted by Gasteiger charge is 2.34. The average molecular weight is 481 g/mol. The van der Waals surface area contributed by atoms with Crippen LogP contribution in [0.2, 0.25) is 0 Å². The van der Waals surface area contributed by atoms with Gasteiger partial charge in [-0.25, -0.2) is 4.79 Å². The summed E-state index contributed by atoms with van der Waals surface area (Å²) in [7, 11) is 1.30. The monoisotopic (exact) mass is 480 g/mol. The number of thiophene rings is 1. The molecule has 0 saturated heterocycles. The van der Waals surface area contributed by atoms with Gasteiger partial charge in [-0.3, -0.25) is 9.59 Å². The topological polar surface area (TPSA) is 97.6 Å². The molecule has 2 heterocycles. The number of anilines is 2. The third-order valence-corrected chi connectivity index (χ3v) is 7.44. The number of ether oxygens (including phenoxy) is 1. The zero-order valence-corrected chi connectivity index (χ0v) is 20.5. The lowest BCUT2D eigenvalue weighted by Crippen LogP contribution is -2.27. The third kappa shape index (κ3) is 4.77. The lowest BCUT2D eigenvalue weighted by atomic mass is 9.72. The van der Waals surface area contributed by atoms with E-state index in [4.69, 9.17) is 9.15 Å². The van der Waals surface area contributed by atoms with Crippen molar-refractivity contribution in [3.8, 4) is 0 Å². The largest absolute Gasteiger partial charge is 0.465 e. The summed E-state index contributed by atoms with van der Waals surface area (Å²) in [6.07, 6.45) is 3.97. The number of methoxy groups -OCH3 is 1. The van der Waals surface area contributed by atoms with Crippen molar-refractivity contribution in [1.82, 2.24) is 0 Å². The van der Waals surface area contributed by atoms with E-state index in [9.17, 15) is 14.4 Å². The molecule has 1 aliphatic rings. The van der Waals surface area contributed by atoms with Crippen LogP contribution < -0.4 is 10.6 Å². The maximum absolute atomic E-state index is 13.5. The normalized spacial score (nSPS) is 15.4. The molecule has 8 heteroatoms. The molecule has 1 aromatic carbocycles. The first-order chi connectivity index (χ1) is 16.2. The second-order valence-electron chi connectivity index (χ2n) is 9.44. The second kappa shape index (κ2) is 9.46. The van der Waals surface area contributed by atoms with Crippen LogP contribution in [0.5, 0.6) is 0 Å². The number of esters is 1. The Hall–Kier alpha value is -3.39. The summed E-state index contributed by atoms with van der Waals surface area (Å²) < 4.78 is 10.1. The van der Waals surface area contributed by atoms with Crippen LogP contribution in [0.15, 0.2) is 47.1 Å². The molecule has 0 saturated carbocycles. The first kappa shape index (κ1) is 23.8. The number of nitrogens with one attached hydrogen (secondary N) is 2. The number of hydrogen-bond donors (Lipinski definition) is 2. The first-order valence-corrected chi connectivity index (χ1v) is 12.0. The Kier molecular flexibility index (Phi) is 6.61. The molecule has 7 nitrogen and oxygen atoms in total. The number of rotatable bonds is 5. The standard InChI is InChI=1S/C26H28N2O5S/c1-26(2,3)15-11-12-17-20(14-15)34-24(28-22(29)19-10-7-13-33-19)21(17)23(30)27-18-9-6-5-8-16(18)25(31)32-4/h5-10,13,15H,11-12,14H2,1-4H3,(H,27,30)(H,28,29)/t15-/m1/s1. The smallest absolute Gasteiger partial charge is 0.339 e. The Balaban J connectivity index is 1.70. The minimum atomic E-state index is -0.539. The first-order valence-electron chi connectivity index (χ1n) is 11.2. The highest BCUT2D eigenvalue weighted by Crippen LogP contribution is 2.44. The number of hydrogen-bond acceptors (Lipinski definition) is 6. The molecular weight excluding hydrogens is 452 g/mol. The Bertz CT molecular complexity index is 1220. The van der Waals surface area contributed by atoms with Gasteiger partial charge in [-0.15, -0.1) is 11.3 Å². The molecule has 1 aliphatic carbocycles. The molecule has 0 radical (unpaired) electrons. The third-order valence-electron chi connectivity index (χ3n) is 6.27. The highest BCUT2D eigenvalue weighted by atomic mass is 32.1. The molecule has 2 amide bonds. The van der Waals surface area contributed by atoms with Gasteiger partial charge in [0.2, 0.25) is 0 Å². The predicted molar refractivity (Wildman–Crippen MR) is 132 cm³/mol. The summed E-state index contributed by atoms with van der Waals surface area (Å²) in [6.45, 7) is 6.69. The minimum absolute atomic E-state index is 0.140. The summed E-state index contributed by atoms with van der Waals surface area (Å²) in [5, 5.41) is 6.21. The molecule has 0 fully saturated rings. The molecule has 2 N–H and O–H groups in total. The highest BCUT2D eigenvalue weighted by molar-refractivity contribution is 7.17. The van der Waals surface area contributed by atoms with Gasteiger partial charge >= 0.3 is 5.97 Å². The molecule has 0 spiro atoms. The van der Waals surface area contributed by atoms with E-state index in [0.717, 1.165) is 29.7 Å². The number of amides is 2. The van der Waals surface area contributed by atoms with Crippen molar-refractivity contribution in [2.75, 3.05) is 17.7 Å². The molecular formula is C26H28N2O5S. The van der Waals surface area contributed by atoms with Crippen LogP contribution in [0.25, 0.3) is 0 Å². The van der Waals surface area contributed by atoms with Crippen molar-refractivity contribution < 1.29 is 23.5 Å². The van der Waals surface area contributed by atoms with Gasteiger partial charge < -0.3 is 19.8 Å². The van der Waals surface area contributed by atoms with Gasteiger partial charge in [0, 0.05) is 4.88 Å². The van der Waals surface area contributed by atoms with Crippen LogP contribution in [-0.4, -0.2) is 24.9 Å². The van der Waals surface area contributed by atoms with Gasteiger partial charge in [-0.2, -0.15) is 0 Å². The minimum Gasteiger partial charge on any atom is -0.465 e. The quantitative estimate of drug-likeness (QED) is 0.451. The molecule has 3 aromatic rings. The fourth-order valence-corrected chi connectivity index (χ4v) is 5.61. The Morgan fingerprint density at radius 3 is 2.50 bits per heavy atom. The maximum atomic E-state index is 13.5. The molecule has 4 rings (SSSR count). The van der Waals surface area contributed by atoms with Gasteiger partial charge in [0.15, 0.2) is 5.76 Å². The SMILES string of the molecule is COC(=O)c1ccccc1NC(=O)c1c(NC(=O)c2ccco2)sc2c1CC[C@@H](C(C)(C)C)C2.